The maximum atomic E-state index is 12.3. The predicted molar refractivity (Wildman–Crippen MR) is 121 cm³/mol. The van der Waals surface area contributed by atoms with E-state index in [1.165, 1.54) is 23.8 Å². The van der Waals surface area contributed by atoms with Crippen molar-refractivity contribution in [3.63, 3.8) is 0 Å². The number of cyclic esters (lactones) is 1. The Morgan fingerprint density at radius 2 is 1.91 bits per heavy atom. The molecular weight excluding hydrogens is 432 g/mol. The Balaban J connectivity index is 1.55. The molecule has 1 aliphatic rings. The van der Waals surface area contributed by atoms with Crippen molar-refractivity contribution in [2.75, 3.05) is 0 Å². The molecule has 1 heterocycles. The number of hydrogen-bond donors (Lipinski definition) is 0. The minimum Gasteiger partial charge on any atom is -0.489 e. The van der Waals surface area contributed by atoms with Crippen molar-refractivity contribution >= 4 is 35.2 Å². The fourth-order valence-electron chi connectivity index (χ4n) is 3.02. The van der Waals surface area contributed by atoms with Crippen LogP contribution in [0.1, 0.15) is 22.3 Å². The van der Waals surface area contributed by atoms with Crippen LogP contribution in [0.25, 0.3) is 6.08 Å². The normalized spacial score (nSPS) is 14.2. The van der Waals surface area contributed by atoms with E-state index in [0.717, 1.165) is 5.56 Å². The molecule has 0 spiro atoms. The van der Waals surface area contributed by atoms with Gasteiger partial charge in [0.15, 0.2) is 5.70 Å². The van der Waals surface area contributed by atoms with Gasteiger partial charge in [0.05, 0.1) is 15.5 Å². The average Bonchev–Trinajstić information content (AvgIpc) is 3.13. The second-order valence-electron chi connectivity index (χ2n) is 7.10. The molecule has 0 saturated carbocycles. The lowest BCUT2D eigenvalue weighted by Crippen LogP contribution is -2.06. The molecule has 0 aromatic heterocycles. The molecule has 1 aliphatic heterocycles. The number of nitro groups is 1. The van der Waals surface area contributed by atoms with Crippen LogP contribution in [0.4, 0.5) is 5.69 Å². The van der Waals surface area contributed by atoms with Gasteiger partial charge < -0.3 is 9.47 Å². The van der Waals surface area contributed by atoms with Gasteiger partial charge in [0.2, 0.25) is 5.90 Å². The summed E-state index contributed by atoms with van der Waals surface area (Å²) in [6.45, 7) is 2.44. The number of rotatable bonds is 6. The minimum atomic E-state index is -0.673. The number of benzene rings is 3. The highest BCUT2D eigenvalue weighted by Crippen LogP contribution is 2.27. The third-order valence-corrected chi connectivity index (χ3v) is 5.03. The molecular formula is C24H17ClN2O5. The van der Waals surface area contributed by atoms with Gasteiger partial charge in [0.25, 0.3) is 5.69 Å². The SMILES string of the molecule is Cc1ccc(COc2cccc(/C=C3\N=C(c4cc([N+](=O)[O-])ccc4Cl)OC3=O)c2)cc1. The van der Waals surface area contributed by atoms with Crippen LogP contribution in [-0.2, 0) is 16.1 Å². The Morgan fingerprint density at radius 3 is 2.66 bits per heavy atom. The van der Waals surface area contributed by atoms with Crippen LogP contribution in [0.5, 0.6) is 5.75 Å². The molecule has 3 aromatic rings. The molecule has 0 atom stereocenters. The maximum Gasteiger partial charge on any atom is 0.363 e. The maximum absolute atomic E-state index is 12.3. The summed E-state index contributed by atoms with van der Waals surface area (Å²) in [4.78, 5) is 27.0. The van der Waals surface area contributed by atoms with Gasteiger partial charge in [0.1, 0.15) is 12.4 Å². The van der Waals surface area contributed by atoms with Gasteiger partial charge in [-0.1, -0.05) is 53.6 Å². The number of ether oxygens (including phenoxy) is 2. The van der Waals surface area contributed by atoms with Gasteiger partial charge in [-0.15, -0.1) is 0 Å². The molecule has 160 valence electrons. The third kappa shape index (κ3) is 4.84. The number of carbonyl (C=O) groups is 1. The zero-order valence-electron chi connectivity index (χ0n) is 16.9. The second kappa shape index (κ2) is 9.03. The van der Waals surface area contributed by atoms with E-state index in [2.05, 4.69) is 4.99 Å². The van der Waals surface area contributed by atoms with E-state index in [4.69, 9.17) is 21.1 Å². The molecule has 3 aromatic carbocycles. The quantitative estimate of drug-likeness (QED) is 0.215. The molecule has 8 heteroatoms. The summed E-state index contributed by atoms with van der Waals surface area (Å²) in [7, 11) is 0. The fourth-order valence-corrected chi connectivity index (χ4v) is 3.22. The topological polar surface area (TPSA) is 91.0 Å². The van der Waals surface area contributed by atoms with Crippen molar-refractivity contribution in [1.29, 1.82) is 0 Å². The Morgan fingerprint density at radius 1 is 1.12 bits per heavy atom. The number of aliphatic imine (C=N–C) groups is 1. The smallest absolute Gasteiger partial charge is 0.363 e. The number of nitrogens with zero attached hydrogens (tertiary/aromatic N) is 2. The van der Waals surface area contributed by atoms with Crippen molar-refractivity contribution in [2.45, 2.75) is 13.5 Å². The number of non-ortho nitro benzene ring substituents is 1. The number of esters is 1. The van der Waals surface area contributed by atoms with Crippen LogP contribution in [-0.4, -0.2) is 16.8 Å². The first-order chi connectivity index (χ1) is 15.4. The van der Waals surface area contributed by atoms with Gasteiger partial charge in [-0.05, 0) is 42.3 Å². The molecule has 4 rings (SSSR count). The molecule has 0 amide bonds. The first-order valence-corrected chi connectivity index (χ1v) is 10.0. The van der Waals surface area contributed by atoms with Crippen molar-refractivity contribution in [3.05, 3.63) is 110 Å². The van der Waals surface area contributed by atoms with Crippen molar-refractivity contribution < 1.29 is 19.2 Å². The standard InChI is InChI=1S/C24H17ClN2O5/c1-15-5-7-16(8-6-15)14-31-19-4-2-3-17(11-19)12-22-24(28)32-23(26-22)20-13-18(27(29)30)9-10-21(20)25/h2-13H,14H2,1H3/b22-12-. The Kier molecular flexibility index (Phi) is 6.00. The fraction of sp³-hybridized carbons (Fsp3) is 0.0833. The van der Waals surface area contributed by atoms with E-state index in [1.54, 1.807) is 24.3 Å². The van der Waals surface area contributed by atoms with Crippen LogP contribution in [0.2, 0.25) is 5.02 Å². The van der Waals surface area contributed by atoms with Gasteiger partial charge in [0, 0.05) is 12.1 Å². The monoisotopic (exact) mass is 448 g/mol. The third-order valence-electron chi connectivity index (χ3n) is 4.70. The van der Waals surface area contributed by atoms with E-state index < -0.39 is 10.9 Å². The number of carbonyl (C=O) groups excluding carboxylic acids is 1. The van der Waals surface area contributed by atoms with E-state index in [-0.39, 0.29) is 27.9 Å². The van der Waals surface area contributed by atoms with E-state index >= 15 is 0 Å². The summed E-state index contributed by atoms with van der Waals surface area (Å²) < 4.78 is 11.0. The van der Waals surface area contributed by atoms with Gasteiger partial charge in [-0.25, -0.2) is 9.79 Å². The molecule has 7 nitrogen and oxygen atoms in total. The number of nitro benzene ring substituents is 1. The van der Waals surface area contributed by atoms with E-state index in [0.29, 0.717) is 17.9 Å². The lowest BCUT2D eigenvalue weighted by atomic mass is 10.1. The average molecular weight is 449 g/mol. The van der Waals surface area contributed by atoms with Crippen molar-refractivity contribution in [1.82, 2.24) is 0 Å². The first-order valence-electron chi connectivity index (χ1n) is 9.64. The number of hydrogen-bond acceptors (Lipinski definition) is 6. The van der Waals surface area contributed by atoms with Crippen LogP contribution < -0.4 is 4.74 Å². The predicted octanol–water partition coefficient (Wildman–Crippen LogP) is 5.48. The highest BCUT2D eigenvalue weighted by Gasteiger charge is 2.27. The minimum absolute atomic E-state index is 0.0539. The summed E-state index contributed by atoms with van der Waals surface area (Å²) in [5, 5.41) is 11.2. The lowest BCUT2D eigenvalue weighted by molar-refractivity contribution is -0.384. The Labute approximate surface area is 188 Å². The summed E-state index contributed by atoms with van der Waals surface area (Å²) in [5.74, 6) is -0.118. The second-order valence-corrected chi connectivity index (χ2v) is 7.51. The van der Waals surface area contributed by atoms with Crippen LogP contribution >= 0.6 is 11.6 Å². The van der Waals surface area contributed by atoms with Crippen LogP contribution in [0.3, 0.4) is 0 Å². The van der Waals surface area contributed by atoms with Crippen LogP contribution in [0.15, 0.2) is 77.4 Å². The van der Waals surface area contributed by atoms with Crippen LogP contribution in [0, 0.1) is 17.0 Å². The first kappa shape index (κ1) is 21.3. The molecule has 0 radical (unpaired) electrons. The molecule has 0 N–H and O–H groups in total. The Hall–Kier alpha value is -3.97. The Bertz CT molecular complexity index is 1270. The number of aryl methyl sites for hydroxylation is 1. The highest BCUT2D eigenvalue weighted by molar-refractivity contribution is 6.34. The van der Waals surface area contributed by atoms with Gasteiger partial charge in [-0.2, -0.15) is 0 Å². The molecule has 32 heavy (non-hydrogen) atoms. The zero-order chi connectivity index (χ0) is 22.7. The highest BCUT2D eigenvalue weighted by atomic mass is 35.5. The summed E-state index contributed by atoms with van der Waals surface area (Å²) in [5.41, 5.74) is 2.96. The molecule has 0 bridgehead atoms. The van der Waals surface area contributed by atoms with Gasteiger partial charge in [-0.3, -0.25) is 10.1 Å². The molecule has 0 unspecified atom stereocenters. The van der Waals surface area contributed by atoms with E-state index in [1.807, 2.05) is 37.3 Å². The van der Waals surface area contributed by atoms with Gasteiger partial charge >= 0.3 is 5.97 Å². The van der Waals surface area contributed by atoms with Crippen molar-refractivity contribution in [2.24, 2.45) is 4.99 Å². The lowest BCUT2D eigenvalue weighted by Gasteiger charge is -2.07. The van der Waals surface area contributed by atoms with E-state index in [9.17, 15) is 14.9 Å². The van der Waals surface area contributed by atoms with Crippen molar-refractivity contribution in [3.8, 4) is 5.75 Å². The largest absolute Gasteiger partial charge is 0.489 e. The molecule has 0 saturated heterocycles. The summed E-state index contributed by atoms with van der Waals surface area (Å²) in [6, 6.07) is 19.1. The zero-order valence-corrected chi connectivity index (χ0v) is 17.7. The summed E-state index contributed by atoms with van der Waals surface area (Å²) in [6.07, 6.45) is 1.55. The number of halogens is 1. The molecule has 0 aliphatic carbocycles. The summed E-state index contributed by atoms with van der Waals surface area (Å²) >= 11 is 6.12. The molecule has 0 fully saturated rings.